The molecule has 1 amide bonds. The highest BCUT2D eigenvalue weighted by molar-refractivity contribution is 6.31. The van der Waals surface area contributed by atoms with E-state index in [0.29, 0.717) is 32.2 Å². The molecule has 2 fully saturated rings. The van der Waals surface area contributed by atoms with E-state index in [1.54, 1.807) is 0 Å². The van der Waals surface area contributed by atoms with Gasteiger partial charge in [-0.1, -0.05) is 36.2 Å². The van der Waals surface area contributed by atoms with Gasteiger partial charge in [-0.05, 0) is 49.8 Å². The lowest BCUT2D eigenvalue weighted by Gasteiger charge is -2.38. The number of nitrogens with one attached hydrogen (secondary N) is 1. The lowest BCUT2D eigenvalue weighted by molar-refractivity contribution is -0.126. The molecule has 1 heterocycles. The second-order valence-corrected chi connectivity index (χ2v) is 7.53. The SMILES string of the molecule is NC[C@H]1CCC[C@H]1C(=O)NCC1(c2ccccc2Cl)CCOCC1. The van der Waals surface area contributed by atoms with Gasteiger partial charge in [-0.3, -0.25) is 4.79 Å². The van der Waals surface area contributed by atoms with E-state index in [9.17, 15) is 4.79 Å². The van der Waals surface area contributed by atoms with E-state index in [-0.39, 0.29) is 17.2 Å². The van der Waals surface area contributed by atoms with Crippen LogP contribution in [0.25, 0.3) is 0 Å². The molecule has 1 aromatic rings. The number of benzene rings is 1. The Hall–Kier alpha value is -1.10. The zero-order valence-electron chi connectivity index (χ0n) is 14.1. The molecule has 0 bridgehead atoms. The number of amides is 1. The largest absolute Gasteiger partial charge is 0.381 e. The van der Waals surface area contributed by atoms with Crippen molar-refractivity contribution in [3.05, 3.63) is 34.9 Å². The molecule has 1 aliphatic heterocycles. The van der Waals surface area contributed by atoms with Crippen molar-refractivity contribution < 1.29 is 9.53 Å². The maximum Gasteiger partial charge on any atom is 0.223 e. The van der Waals surface area contributed by atoms with Crippen LogP contribution in [0.3, 0.4) is 0 Å². The molecule has 2 aliphatic rings. The van der Waals surface area contributed by atoms with Gasteiger partial charge in [0.05, 0.1) is 0 Å². The molecule has 1 saturated carbocycles. The van der Waals surface area contributed by atoms with Crippen LogP contribution in [0.2, 0.25) is 5.02 Å². The van der Waals surface area contributed by atoms with Crippen LogP contribution in [0.4, 0.5) is 0 Å². The summed E-state index contributed by atoms with van der Waals surface area (Å²) in [5, 5.41) is 3.99. The molecule has 1 saturated heterocycles. The molecule has 0 radical (unpaired) electrons. The smallest absolute Gasteiger partial charge is 0.223 e. The van der Waals surface area contributed by atoms with Gasteiger partial charge >= 0.3 is 0 Å². The maximum absolute atomic E-state index is 12.7. The van der Waals surface area contributed by atoms with Gasteiger partial charge in [0.2, 0.25) is 5.91 Å². The van der Waals surface area contributed by atoms with Crippen LogP contribution in [0.15, 0.2) is 24.3 Å². The maximum atomic E-state index is 12.7. The normalized spacial score (nSPS) is 26.2. The van der Waals surface area contributed by atoms with Gasteiger partial charge in [0.25, 0.3) is 0 Å². The Morgan fingerprint density at radius 1 is 1.29 bits per heavy atom. The first kappa shape index (κ1) is 17.7. The summed E-state index contributed by atoms with van der Waals surface area (Å²) < 4.78 is 5.55. The van der Waals surface area contributed by atoms with Gasteiger partial charge in [-0.25, -0.2) is 0 Å². The average Bonchev–Trinajstić information content (AvgIpc) is 3.10. The van der Waals surface area contributed by atoms with E-state index in [1.165, 1.54) is 0 Å². The minimum atomic E-state index is -0.136. The van der Waals surface area contributed by atoms with Gasteiger partial charge in [-0.2, -0.15) is 0 Å². The van der Waals surface area contributed by atoms with Gasteiger partial charge in [0.15, 0.2) is 0 Å². The summed E-state index contributed by atoms with van der Waals surface area (Å²) in [7, 11) is 0. The summed E-state index contributed by atoms with van der Waals surface area (Å²) in [5.41, 5.74) is 6.81. The number of carbonyl (C=O) groups excluding carboxylic acids is 1. The molecule has 5 heteroatoms. The van der Waals surface area contributed by atoms with Crippen LogP contribution in [-0.2, 0) is 14.9 Å². The monoisotopic (exact) mass is 350 g/mol. The lowest BCUT2D eigenvalue weighted by Crippen LogP contribution is -2.47. The highest BCUT2D eigenvalue weighted by atomic mass is 35.5. The third-order valence-corrected chi connectivity index (χ3v) is 6.12. The van der Waals surface area contributed by atoms with Crippen molar-refractivity contribution in [3.8, 4) is 0 Å². The van der Waals surface area contributed by atoms with Crippen LogP contribution in [0, 0.1) is 11.8 Å². The Kier molecular flexibility index (Phi) is 5.80. The van der Waals surface area contributed by atoms with Crippen LogP contribution in [0.5, 0.6) is 0 Å². The third-order valence-electron chi connectivity index (χ3n) is 5.79. The van der Waals surface area contributed by atoms with Gasteiger partial charge in [0.1, 0.15) is 0 Å². The van der Waals surface area contributed by atoms with Crippen molar-refractivity contribution in [1.29, 1.82) is 0 Å². The zero-order chi connectivity index (χ0) is 17.0. The number of hydrogen-bond donors (Lipinski definition) is 2. The number of carbonyl (C=O) groups is 1. The first-order valence-corrected chi connectivity index (χ1v) is 9.34. The van der Waals surface area contributed by atoms with Crippen molar-refractivity contribution in [2.24, 2.45) is 17.6 Å². The summed E-state index contributed by atoms with van der Waals surface area (Å²) in [5.74, 6) is 0.551. The fourth-order valence-corrected chi connectivity index (χ4v) is 4.58. The molecule has 2 atom stereocenters. The third kappa shape index (κ3) is 3.61. The number of nitrogens with two attached hydrogens (primary N) is 1. The molecule has 0 unspecified atom stereocenters. The Bertz CT molecular complexity index is 572. The van der Waals surface area contributed by atoms with Gasteiger partial charge in [-0.15, -0.1) is 0 Å². The van der Waals surface area contributed by atoms with E-state index in [4.69, 9.17) is 22.1 Å². The van der Waals surface area contributed by atoms with Crippen LogP contribution in [0.1, 0.15) is 37.7 Å². The van der Waals surface area contributed by atoms with Crippen molar-refractivity contribution in [1.82, 2.24) is 5.32 Å². The molecular weight excluding hydrogens is 324 g/mol. The standard InChI is InChI=1S/C19H27ClN2O2/c20-17-7-2-1-6-16(17)19(8-10-24-11-9-19)13-22-18(23)15-5-3-4-14(15)12-21/h1-2,6-7,14-15H,3-5,8-13,21H2,(H,22,23)/t14-,15-/m1/s1. The second-order valence-electron chi connectivity index (χ2n) is 7.12. The predicted molar refractivity (Wildman–Crippen MR) is 96.1 cm³/mol. The van der Waals surface area contributed by atoms with Crippen LogP contribution < -0.4 is 11.1 Å². The number of halogens is 1. The van der Waals surface area contributed by atoms with E-state index in [2.05, 4.69) is 11.4 Å². The Morgan fingerprint density at radius 3 is 2.75 bits per heavy atom. The predicted octanol–water partition coefficient (Wildman–Crippen LogP) is 2.88. The molecular formula is C19H27ClN2O2. The summed E-state index contributed by atoms with van der Waals surface area (Å²) in [6.45, 7) is 2.63. The van der Waals surface area contributed by atoms with Crippen LogP contribution >= 0.6 is 11.6 Å². The summed E-state index contributed by atoms with van der Waals surface area (Å²) in [6, 6.07) is 7.97. The van der Waals surface area contributed by atoms with Crippen molar-refractivity contribution in [3.63, 3.8) is 0 Å². The molecule has 1 aliphatic carbocycles. The molecule has 24 heavy (non-hydrogen) atoms. The molecule has 132 valence electrons. The van der Waals surface area contributed by atoms with E-state index < -0.39 is 0 Å². The topological polar surface area (TPSA) is 64.4 Å². The minimum Gasteiger partial charge on any atom is -0.381 e. The molecule has 3 N–H and O–H groups in total. The number of hydrogen-bond acceptors (Lipinski definition) is 3. The Labute approximate surface area is 149 Å². The highest BCUT2D eigenvalue weighted by Crippen LogP contribution is 2.38. The Morgan fingerprint density at radius 2 is 2.04 bits per heavy atom. The number of rotatable bonds is 5. The minimum absolute atomic E-state index is 0.0677. The summed E-state index contributed by atoms with van der Waals surface area (Å²) in [6.07, 6.45) is 4.88. The first-order valence-electron chi connectivity index (χ1n) is 8.97. The molecule has 0 aromatic heterocycles. The molecule has 0 spiro atoms. The second kappa shape index (κ2) is 7.85. The van der Waals surface area contributed by atoms with Crippen molar-refractivity contribution in [2.75, 3.05) is 26.3 Å². The van der Waals surface area contributed by atoms with Gasteiger partial charge in [0, 0.05) is 36.1 Å². The molecule has 1 aromatic carbocycles. The Balaban J connectivity index is 1.73. The lowest BCUT2D eigenvalue weighted by atomic mass is 9.74. The molecule has 4 nitrogen and oxygen atoms in total. The molecule has 3 rings (SSSR count). The van der Waals surface area contributed by atoms with E-state index in [1.807, 2.05) is 18.2 Å². The fourth-order valence-electron chi connectivity index (χ4n) is 4.25. The average molecular weight is 351 g/mol. The highest BCUT2D eigenvalue weighted by Gasteiger charge is 2.38. The zero-order valence-corrected chi connectivity index (χ0v) is 14.9. The quantitative estimate of drug-likeness (QED) is 0.858. The summed E-state index contributed by atoms with van der Waals surface area (Å²) >= 11 is 6.47. The van der Waals surface area contributed by atoms with Gasteiger partial charge < -0.3 is 15.8 Å². The van der Waals surface area contributed by atoms with E-state index >= 15 is 0 Å². The fraction of sp³-hybridized carbons (Fsp3) is 0.632. The van der Waals surface area contributed by atoms with E-state index in [0.717, 1.165) is 42.7 Å². The van der Waals surface area contributed by atoms with Crippen LogP contribution in [-0.4, -0.2) is 32.2 Å². The number of ether oxygens (including phenoxy) is 1. The summed E-state index contributed by atoms with van der Waals surface area (Å²) in [4.78, 5) is 12.7. The van der Waals surface area contributed by atoms with Crippen molar-refractivity contribution in [2.45, 2.75) is 37.5 Å². The first-order chi connectivity index (χ1) is 11.7. The van der Waals surface area contributed by atoms with Crippen molar-refractivity contribution >= 4 is 17.5 Å².